The fourth-order valence-electron chi connectivity index (χ4n) is 3.54. The molecule has 0 spiro atoms. The quantitative estimate of drug-likeness (QED) is 0.446. The number of hydrogen-bond acceptors (Lipinski definition) is 0. The molecule has 0 saturated carbocycles. The van der Waals surface area contributed by atoms with Crippen molar-refractivity contribution in [1.82, 2.24) is 0 Å². The average molecular weight is 284 g/mol. The van der Waals surface area contributed by atoms with Crippen LogP contribution in [0.4, 0.5) is 0 Å². The second kappa shape index (κ2) is 9.07. The lowest BCUT2D eigenvalue weighted by Crippen LogP contribution is -2.11. The number of rotatable bonds is 7. The smallest absolute Gasteiger partial charge is 0.0230 e. The largest absolute Gasteiger partial charge is 0.0844 e. The Balaban J connectivity index is 2.23. The van der Waals surface area contributed by atoms with E-state index in [0.29, 0.717) is 5.92 Å². The summed E-state index contributed by atoms with van der Waals surface area (Å²) in [4.78, 5) is 0. The molecule has 0 heteroatoms. The van der Waals surface area contributed by atoms with Crippen molar-refractivity contribution in [2.45, 2.75) is 78.1 Å². The van der Waals surface area contributed by atoms with Crippen LogP contribution in [0.3, 0.4) is 0 Å². The molecule has 0 heterocycles. The van der Waals surface area contributed by atoms with E-state index in [4.69, 9.17) is 0 Å². The Morgan fingerprint density at radius 1 is 1.05 bits per heavy atom. The standard InChI is InChI=1S/C21H32/c1-3-5-12-18(13-6-4-2)20-16-10-11-17-21(20)19-14-8-7-9-15-19/h10-11,14,16-17,21H,3-9,12-13,15H2,1-2H3. The molecular formula is C21H32. The number of unbranched alkanes of at least 4 members (excludes halogenated alkanes) is 2. The van der Waals surface area contributed by atoms with Crippen LogP contribution in [0.15, 0.2) is 47.1 Å². The van der Waals surface area contributed by atoms with Crippen molar-refractivity contribution in [1.29, 1.82) is 0 Å². The molecule has 0 saturated heterocycles. The Morgan fingerprint density at radius 3 is 2.43 bits per heavy atom. The summed E-state index contributed by atoms with van der Waals surface area (Å²) in [6.45, 7) is 4.61. The lowest BCUT2D eigenvalue weighted by Gasteiger charge is -2.26. The Morgan fingerprint density at radius 2 is 1.81 bits per heavy atom. The highest BCUT2D eigenvalue weighted by Gasteiger charge is 2.20. The summed E-state index contributed by atoms with van der Waals surface area (Å²) in [6.07, 6.45) is 25.1. The minimum atomic E-state index is 0.582. The van der Waals surface area contributed by atoms with Crippen LogP contribution in [0.1, 0.15) is 78.1 Å². The lowest BCUT2D eigenvalue weighted by atomic mass is 9.79. The van der Waals surface area contributed by atoms with Crippen molar-refractivity contribution < 1.29 is 0 Å². The van der Waals surface area contributed by atoms with Crippen LogP contribution in [0.25, 0.3) is 0 Å². The topological polar surface area (TPSA) is 0 Å². The Bertz CT molecular complexity index is 421. The molecule has 2 rings (SSSR count). The van der Waals surface area contributed by atoms with Crippen LogP contribution >= 0.6 is 0 Å². The van der Waals surface area contributed by atoms with E-state index in [9.17, 15) is 0 Å². The van der Waals surface area contributed by atoms with Gasteiger partial charge in [-0.3, -0.25) is 0 Å². The van der Waals surface area contributed by atoms with E-state index in [-0.39, 0.29) is 0 Å². The third-order valence-corrected chi connectivity index (χ3v) is 4.82. The minimum Gasteiger partial charge on any atom is -0.0844 e. The van der Waals surface area contributed by atoms with Gasteiger partial charge in [-0.2, -0.15) is 0 Å². The summed E-state index contributed by atoms with van der Waals surface area (Å²) in [5.74, 6) is 0.582. The summed E-state index contributed by atoms with van der Waals surface area (Å²) in [6, 6.07) is 0. The molecule has 0 N–H and O–H groups in total. The van der Waals surface area contributed by atoms with E-state index in [1.165, 1.54) is 64.2 Å². The number of hydrogen-bond donors (Lipinski definition) is 0. The van der Waals surface area contributed by atoms with Gasteiger partial charge in [-0.25, -0.2) is 0 Å². The molecule has 21 heavy (non-hydrogen) atoms. The van der Waals surface area contributed by atoms with Crippen molar-refractivity contribution in [3.8, 4) is 0 Å². The highest BCUT2D eigenvalue weighted by Crippen LogP contribution is 2.36. The second-order valence-corrected chi connectivity index (χ2v) is 6.51. The summed E-state index contributed by atoms with van der Waals surface area (Å²) in [5, 5.41) is 0. The zero-order valence-corrected chi connectivity index (χ0v) is 14.0. The Labute approximate surface area is 131 Å². The van der Waals surface area contributed by atoms with Gasteiger partial charge in [0.15, 0.2) is 0 Å². The van der Waals surface area contributed by atoms with Gasteiger partial charge in [0.2, 0.25) is 0 Å². The predicted octanol–water partition coefficient (Wildman–Crippen LogP) is 6.91. The van der Waals surface area contributed by atoms with Gasteiger partial charge in [-0.15, -0.1) is 0 Å². The van der Waals surface area contributed by atoms with Crippen molar-refractivity contribution in [2.75, 3.05) is 0 Å². The summed E-state index contributed by atoms with van der Waals surface area (Å²) in [7, 11) is 0. The van der Waals surface area contributed by atoms with E-state index in [0.717, 1.165) is 0 Å². The molecule has 2 aliphatic rings. The highest BCUT2D eigenvalue weighted by atomic mass is 14.2. The van der Waals surface area contributed by atoms with Gasteiger partial charge in [0, 0.05) is 5.92 Å². The summed E-state index contributed by atoms with van der Waals surface area (Å²) in [5.41, 5.74) is 5.05. The fraction of sp³-hybridized carbons (Fsp3) is 0.619. The highest BCUT2D eigenvalue weighted by molar-refractivity contribution is 5.43. The third-order valence-electron chi connectivity index (χ3n) is 4.82. The molecule has 1 atom stereocenters. The average Bonchev–Trinajstić information content (AvgIpc) is 2.56. The monoisotopic (exact) mass is 284 g/mol. The lowest BCUT2D eigenvalue weighted by molar-refractivity contribution is 0.645. The zero-order chi connectivity index (χ0) is 14.9. The van der Waals surface area contributed by atoms with E-state index in [1.807, 2.05) is 0 Å². The van der Waals surface area contributed by atoms with Crippen LogP contribution in [0, 0.1) is 5.92 Å². The maximum Gasteiger partial charge on any atom is 0.0230 e. The van der Waals surface area contributed by atoms with E-state index >= 15 is 0 Å². The molecule has 0 bridgehead atoms. The molecule has 0 aliphatic heterocycles. The molecule has 0 aromatic heterocycles. The van der Waals surface area contributed by atoms with Gasteiger partial charge in [0.1, 0.15) is 0 Å². The van der Waals surface area contributed by atoms with E-state index in [1.54, 1.807) is 16.7 Å². The van der Waals surface area contributed by atoms with E-state index < -0.39 is 0 Å². The van der Waals surface area contributed by atoms with Gasteiger partial charge < -0.3 is 0 Å². The van der Waals surface area contributed by atoms with Gasteiger partial charge in [-0.1, -0.05) is 68.2 Å². The zero-order valence-electron chi connectivity index (χ0n) is 14.0. The van der Waals surface area contributed by atoms with Gasteiger partial charge >= 0.3 is 0 Å². The Kier molecular flexibility index (Phi) is 7.06. The molecule has 2 aliphatic carbocycles. The molecule has 0 aromatic carbocycles. The minimum absolute atomic E-state index is 0.582. The molecule has 1 unspecified atom stereocenters. The van der Waals surface area contributed by atoms with Crippen LogP contribution in [0.2, 0.25) is 0 Å². The van der Waals surface area contributed by atoms with Crippen LogP contribution in [-0.2, 0) is 0 Å². The first-order valence-electron chi connectivity index (χ1n) is 9.12. The van der Waals surface area contributed by atoms with E-state index in [2.05, 4.69) is 44.2 Å². The second-order valence-electron chi connectivity index (χ2n) is 6.51. The summed E-state index contributed by atoms with van der Waals surface area (Å²) < 4.78 is 0. The molecule has 0 amide bonds. The van der Waals surface area contributed by atoms with Gasteiger partial charge in [0.25, 0.3) is 0 Å². The van der Waals surface area contributed by atoms with Gasteiger partial charge in [0.05, 0.1) is 0 Å². The first kappa shape index (κ1) is 16.3. The molecule has 0 radical (unpaired) electrons. The van der Waals surface area contributed by atoms with Crippen LogP contribution < -0.4 is 0 Å². The molecule has 0 aromatic rings. The molecule has 116 valence electrons. The maximum absolute atomic E-state index is 2.52. The maximum atomic E-state index is 2.52. The third kappa shape index (κ3) is 4.73. The van der Waals surface area contributed by atoms with Crippen LogP contribution in [0.5, 0.6) is 0 Å². The van der Waals surface area contributed by atoms with Crippen LogP contribution in [-0.4, -0.2) is 0 Å². The molecular weight excluding hydrogens is 252 g/mol. The first-order chi connectivity index (χ1) is 10.4. The van der Waals surface area contributed by atoms with Crippen molar-refractivity contribution in [3.63, 3.8) is 0 Å². The SMILES string of the molecule is CCCCC(CCCC)=C1C=CC=CC1C1=CCCCC1. The summed E-state index contributed by atoms with van der Waals surface area (Å²) >= 11 is 0. The fourth-order valence-corrected chi connectivity index (χ4v) is 3.54. The molecule has 0 fully saturated rings. The van der Waals surface area contributed by atoms with Gasteiger partial charge in [-0.05, 0) is 56.9 Å². The predicted molar refractivity (Wildman–Crippen MR) is 94.4 cm³/mol. The Hall–Kier alpha value is -1.04. The normalized spacial score (nSPS) is 21.5. The van der Waals surface area contributed by atoms with Crippen molar-refractivity contribution >= 4 is 0 Å². The van der Waals surface area contributed by atoms with Crippen molar-refractivity contribution in [2.24, 2.45) is 5.92 Å². The first-order valence-corrected chi connectivity index (χ1v) is 9.12. The van der Waals surface area contributed by atoms with Crippen molar-refractivity contribution in [3.05, 3.63) is 47.1 Å². The number of allylic oxidation sites excluding steroid dienone is 8. The molecule has 0 nitrogen and oxygen atoms in total.